The monoisotopic (exact) mass is 222 g/mol. The summed E-state index contributed by atoms with van der Waals surface area (Å²) in [5.74, 6) is 0. The molecule has 0 radical (unpaired) electrons. The van der Waals surface area contributed by atoms with Gasteiger partial charge in [-0.25, -0.2) is 0 Å². The van der Waals surface area contributed by atoms with Gasteiger partial charge in [0.2, 0.25) is 0 Å². The van der Waals surface area contributed by atoms with Gasteiger partial charge in [-0.3, -0.25) is 0 Å². The second-order valence-corrected chi connectivity index (χ2v) is 4.05. The van der Waals surface area contributed by atoms with Gasteiger partial charge in [0.25, 0.3) is 0 Å². The van der Waals surface area contributed by atoms with Gasteiger partial charge < -0.3 is 5.11 Å². The van der Waals surface area contributed by atoms with Crippen molar-refractivity contribution in [2.24, 2.45) is 0 Å². The van der Waals surface area contributed by atoms with E-state index in [-0.39, 0.29) is 2.85 Å². The highest BCUT2D eigenvalue weighted by molar-refractivity contribution is 5.72. The number of aliphatic hydroxyl groups is 1. The minimum atomic E-state index is 0. The molecule has 1 aromatic carbocycles. The third-order valence-corrected chi connectivity index (χ3v) is 2.98. The van der Waals surface area contributed by atoms with E-state index in [0.29, 0.717) is 0 Å². The van der Waals surface area contributed by atoms with Crippen molar-refractivity contribution in [1.82, 2.24) is 0 Å². The van der Waals surface area contributed by atoms with Crippen molar-refractivity contribution in [2.45, 2.75) is 39.0 Å². The smallest absolute Gasteiger partial charge is 0.0319 e. The van der Waals surface area contributed by atoms with Gasteiger partial charge in [-0.15, -0.1) is 0 Å². The van der Waals surface area contributed by atoms with Crippen LogP contribution in [0.5, 0.6) is 0 Å². The largest absolute Gasteiger partial charge is 0.400 e. The van der Waals surface area contributed by atoms with E-state index in [1.807, 2.05) is 0 Å². The Bertz CT molecular complexity index is 348. The Labute approximate surface area is 102 Å². The molecule has 0 heterocycles. The van der Waals surface area contributed by atoms with Crippen molar-refractivity contribution in [3.8, 4) is 0 Å². The van der Waals surface area contributed by atoms with Crippen LogP contribution in [0.1, 0.15) is 46.6 Å². The van der Waals surface area contributed by atoms with Gasteiger partial charge in [-0.1, -0.05) is 50.1 Å². The van der Waals surface area contributed by atoms with E-state index in [1.165, 1.54) is 36.8 Å². The van der Waals surface area contributed by atoms with E-state index in [9.17, 15) is 0 Å². The van der Waals surface area contributed by atoms with E-state index < -0.39 is 0 Å². The van der Waals surface area contributed by atoms with Gasteiger partial charge in [0, 0.05) is 9.96 Å². The fourth-order valence-corrected chi connectivity index (χ4v) is 2.16. The van der Waals surface area contributed by atoms with Crippen molar-refractivity contribution < 1.29 is 7.96 Å². The number of unbranched alkanes of at least 4 members (excludes halogenated alkanes) is 2. The molecule has 0 bridgehead atoms. The molecule has 0 aromatic heterocycles. The first kappa shape index (κ1) is 13.0. The zero-order valence-electron chi connectivity index (χ0n) is 10.4. The Balaban J connectivity index is 0. The second-order valence-electron chi connectivity index (χ2n) is 4.05. The molecule has 0 unspecified atom stereocenters. The lowest BCUT2D eigenvalue weighted by Crippen LogP contribution is -1.84. The molecule has 0 atom stereocenters. The molecule has 0 amide bonds. The number of hydrogen-bond acceptors (Lipinski definition) is 1. The first-order valence-electron chi connectivity index (χ1n) is 6.14. The van der Waals surface area contributed by atoms with Crippen molar-refractivity contribution in [3.05, 3.63) is 41.5 Å². The maximum absolute atomic E-state index is 7.00. The molecular formula is C15H26O. The molecule has 2 rings (SSSR count). The summed E-state index contributed by atoms with van der Waals surface area (Å²) < 4.78 is 0. The fourth-order valence-electron chi connectivity index (χ4n) is 2.16. The molecule has 0 saturated carbocycles. The van der Waals surface area contributed by atoms with Crippen LogP contribution in [0.4, 0.5) is 0 Å². The quantitative estimate of drug-likeness (QED) is 0.753. The minimum absolute atomic E-state index is 0. The Morgan fingerprint density at radius 2 is 1.94 bits per heavy atom. The molecule has 0 spiro atoms. The van der Waals surface area contributed by atoms with Crippen LogP contribution in [0.25, 0.3) is 5.57 Å². The van der Waals surface area contributed by atoms with Crippen LogP contribution < -0.4 is 0 Å². The zero-order chi connectivity index (χ0) is 11.8. The molecule has 16 heavy (non-hydrogen) atoms. The summed E-state index contributed by atoms with van der Waals surface area (Å²) in [6, 6.07) is 8.80. The summed E-state index contributed by atoms with van der Waals surface area (Å²) >= 11 is 0. The predicted molar refractivity (Wildman–Crippen MR) is 74.6 cm³/mol. The number of aliphatic hydroxyl groups excluding tert-OH is 1. The zero-order valence-corrected chi connectivity index (χ0v) is 10.4. The number of fused-ring (bicyclic) bond motifs is 1. The standard InChI is InChI=1S/C14H18.CH4O.2H2/c1-2-3-4-7-12-10-11-13-8-5-6-9-14(12)13;1-2;;/h5-6,8-10H,2-4,7,11H2,1H3;2H,1H3;2*1H. The summed E-state index contributed by atoms with van der Waals surface area (Å²) in [6.45, 7) is 2.26. The lowest BCUT2D eigenvalue weighted by molar-refractivity contribution is 0.399. The van der Waals surface area contributed by atoms with Gasteiger partial charge in [-0.2, -0.15) is 0 Å². The Morgan fingerprint density at radius 3 is 2.69 bits per heavy atom. The normalized spacial score (nSPS) is 12.6. The third kappa shape index (κ3) is 3.21. The van der Waals surface area contributed by atoms with Crippen molar-refractivity contribution in [1.29, 1.82) is 0 Å². The topological polar surface area (TPSA) is 20.2 Å². The Morgan fingerprint density at radius 1 is 1.19 bits per heavy atom. The highest BCUT2D eigenvalue weighted by Gasteiger charge is 2.11. The Hall–Kier alpha value is -1.08. The molecule has 1 heteroatoms. The molecule has 1 aliphatic carbocycles. The van der Waals surface area contributed by atoms with Gasteiger partial charge in [0.15, 0.2) is 0 Å². The molecule has 1 N–H and O–H groups in total. The van der Waals surface area contributed by atoms with Crippen LogP contribution in [0, 0.1) is 0 Å². The fraction of sp³-hybridized carbons (Fsp3) is 0.467. The molecule has 1 aliphatic rings. The van der Waals surface area contributed by atoms with Crippen LogP contribution in [0.15, 0.2) is 30.3 Å². The van der Waals surface area contributed by atoms with E-state index in [1.54, 1.807) is 5.57 Å². The van der Waals surface area contributed by atoms with Crippen molar-refractivity contribution in [2.75, 3.05) is 7.11 Å². The summed E-state index contributed by atoms with van der Waals surface area (Å²) in [7, 11) is 1.00. The van der Waals surface area contributed by atoms with Crippen molar-refractivity contribution in [3.63, 3.8) is 0 Å². The minimum Gasteiger partial charge on any atom is -0.400 e. The first-order valence-corrected chi connectivity index (χ1v) is 6.14. The van der Waals surface area contributed by atoms with Crippen LogP contribution in [0.2, 0.25) is 0 Å². The Kier molecular flexibility index (Phi) is 5.87. The van der Waals surface area contributed by atoms with Crippen LogP contribution in [-0.2, 0) is 6.42 Å². The first-order chi connectivity index (χ1) is 7.92. The number of rotatable bonds is 4. The maximum Gasteiger partial charge on any atom is 0.0319 e. The summed E-state index contributed by atoms with van der Waals surface area (Å²) in [4.78, 5) is 0. The highest BCUT2D eigenvalue weighted by atomic mass is 16.2. The lowest BCUT2D eigenvalue weighted by Gasteiger charge is -2.04. The van der Waals surface area contributed by atoms with Crippen LogP contribution in [-0.4, -0.2) is 12.2 Å². The average molecular weight is 222 g/mol. The van der Waals surface area contributed by atoms with Gasteiger partial charge in [0.05, 0.1) is 0 Å². The molecule has 1 aromatic rings. The van der Waals surface area contributed by atoms with Gasteiger partial charge in [-0.05, 0) is 36.0 Å². The lowest BCUT2D eigenvalue weighted by atomic mass is 10.0. The second kappa shape index (κ2) is 7.24. The summed E-state index contributed by atoms with van der Waals surface area (Å²) in [5, 5.41) is 7.00. The average Bonchev–Trinajstić information content (AvgIpc) is 2.76. The molecule has 0 aliphatic heterocycles. The van der Waals surface area contributed by atoms with Gasteiger partial charge in [0.1, 0.15) is 0 Å². The van der Waals surface area contributed by atoms with E-state index in [4.69, 9.17) is 5.11 Å². The van der Waals surface area contributed by atoms with E-state index in [0.717, 1.165) is 13.5 Å². The molecule has 92 valence electrons. The van der Waals surface area contributed by atoms with Gasteiger partial charge >= 0.3 is 0 Å². The molecular weight excluding hydrogens is 196 g/mol. The number of allylic oxidation sites excluding steroid dienone is 2. The number of benzene rings is 1. The van der Waals surface area contributed by atoms with Crippen LogP contribution >= 0.6 is 0 Å². The van der Waals surface area contributed by atoms with Crippen molar-refractivity contribution >= 4 is 5.57 Å². The van der Waals surface area contributed by atoms with E-state index in [2.05, 4.69) is 37.3 Å². The SMILES string of the molecule is CCCCCC1=CCc2ccccc21.CO.[HH].[HH]. The number of hydrogen-bond donors (Lipinski definition) is 1. The molecule has 0 saturated heterocycles. The maximum atomic E-state index is 7.00. The molecule has 1 nitrogen and oxygen atoms in total. The summed E-state index contributed by atoms with van der Waals surface area (Å²) in [6.07, 6.45) is 8.84. The third-order valence-electron chi connectivity index (χ3n) is 2.98. The van der Waals surface area contributed by atoms with E-state index >= 15 is 0 Å². The predicted octanol–water partition coefficient (Wildman–Crippen LogP) is 4.31. The molecule has 0 fully saturated rings. The summed E-state index contributed by atoms with van der Waals surface area (Å²) in [5.41, 5.74) is 4.59. The van der Waals surface area contributed by atoms with Crippen LogP contribution in [0.3, 0.4) is 0 Å². The highest BCUT2D eigenvalue weighted by Crippen LogP contribution is 2.30.